The largest absolute Gasteiger partial charge is 0.508 e. The van der Waals surface area contributed by atoms with E-state index in [1.165, 1.54) is 35.7 Å². The molecule has 5 nitrogen and oxygen atoms in total. The van der Waals surface area contributed by atoms with Crippen molar-refractivity contribution in [2.45, 2.75) is 4.90 Å². The predicted molar refractivity (Wildman–Crippen MR) is 80.4 cm³/mol. The van der Waals surface area contributed by atoms with E-state index >= 15 is 0 Å². The second kappa shape index (κ2) is 5.66. The number of phenols is 1. The monoisotopic (exact) mass is 321 g/mol. The third-order valence-corrected chi connectivity index (χ3v) is 4.00. The maximum Gasteiger partial charge on any atom is 0.276 e. The van der Waals surface area contributed by atoms with Crippen molar-refractivity contribution in [3.05, 3.63) is 42.2 Å². The van der Waals surface area contributed by atoms with E-state index in [1.807, 2.05) is 0 Å². The van der Waals surface area contributed by atoms with Gasteiger partial charge in [-0.25, -0.2) is 9.97 Å². The molecule has 3 aromatic rings. The maximum absolute atomic E-state index is 12.3. The van der Waals surface area contributed by atoms with E-state index in [1.54, 1.807) is 12.1 Å². The van der Waals surface area contributed by atoms with Crippen LogP contribution in [0.2, 0.25) is 0 Å². The number of hydrogen-bond donors (Lipinski definition) is 2. The van der Waals surface area contributed by atoms with Crippen LogP contribution in [0.1, 0.15) is 10.5 Å². The topological polar surface area (TPSA) is 75.1 Å². The van der Waals surface area contributed by atoms with Crippen LogP contribution in [-0.2, 0) is 0 Å². The van der Waals surface area contributed by atoms with Crippen LogP contribution in [-0.4, -0.2) is 21.0 Å². The first-order valence-electron chi connectivity index (χ1n) is 5.81. The average molecular weight is 321 g/mol. The Balaban J connectivity index is 1.81. The Morgan fingerprint density at radius 1 is 1.33 bits per heavy atom. The minimum Gasteiger partial charge on any atom is -0.508 e. The number of hydrogen-bond acceptors (Lipinski definition) is 6. The molecule has 0 fully saturated rings. The number of nitrogens with zero attached hydrogens (tertiary/aromatic N) is 2. The lowest BCUT2D eigenvalue weighted by molar-refractivity contribution is 0.102. The van der Waals surface area contributed by atoms with Crippen LogP contribution >= 0.6 is 23.5 Å². The summed E-state index contributed by atoms with van der Waals surface area (Å²) >= 11 is 1.32. The van der Waals surface area contributed by atoms with Crippen LogP contribution in [0.25, 0.3) is 10.2 Å². The number of benzene rings is 1. The maximum atomic E-state index is 12.3. The van der Waals surface area contributed by atoms with Crippen molar-refractivity contribution >= 4 is 44.7 Å². The van der Waals surface area contributed by atoms with E-state index < -0.39 is 5.91 Å². The number of fused-ring (bicyclic) bond motifs is 1. The molecule has 106 valence electrons. The Kier molecular flexibility index (Phi) is 3.72. The number of rotatable bonds is 3. The van der Waals surface area contributed by atoms with Crippen molar-refractivity contribution in [1.82, 2.24) is 9.97 Å². The molecule has 0 unspecified atom stereocenters. The number of halogens is 1. The molecule has 8 heteroatoms. The first-order chi connectivity index (χ1) is 10.2. The fraction of sp³-hybridized carbons (Fsp3) is 0. The summed E-state index contributed by atoms with van der Waals surface area (Å²) in [6.45, 7) is 0. The molecule has 0 aliphatic heterocycles. The molecule has 1 aromatic carbocycles. The number of carbonyl (C=O) groups is 1. The number of anilines is 1. The summed E-state index contributed by atoms with van der Waals surface area (Å²) in [6, 6.07) is 7.69. The summed E-state index contributed by atoms with van der Waals surface area (Å²) in [6.07, 6.45) is 1.29. The summed E-state index contributed by atoms with van der Waals surface area (Å²) in [5, 5.41) is 12.4. The van der Waals surface area contributed by atoms with Crippen LogP contribution in [0.5, 0.6) is 5.75 Å². The molecule has 2 N–H and O–H groups in total. The third kappa shape index (κ3) is 2.96. The second-order valence-electron chi connectivity index (χ2n) is 4.08. The molecule has 2 aromatic heterocycles. The highest BCUT2D eigenvalue weighted by molar-refractivity contribution is 7.94. The molecule has 0 saturated heterocycles. The number of nitrogens with one attached hydrogen (secondary N) is 1. The van der Waals surface area contributed by atoms with E-state index in [2.05, 4.69) is 15.3 Å². The van der Waals surface area contributed by atoms with Gasteiger partial charge in [0.1, 0.15) is 11.4 Å². The lowest BCUT2D eigenvalue weighted by atomic mass is 10.3. The van der Waals surface area contributed by atoms with Crippen LogP contribution in [0, 0.1) is 0 Å². The Morgan fingerprint density at radius 3 is 2.90 bits per heavy atom. The highest BCUT2D eigenvalue weighted by atomic mass is 32.2. The van der Waals surface area contributed by atoms with Gasteiger partial charge >= 0.3 is 0 Å². The molecule has 21 heavy (non-hydrogen) atoms. The van der Waals surface area contributed by atoms with E-state index in [-0.39, 0.29) is 23.6 Å². The molecule has 2 heterocycles. The summed E-state index contributed by atoms with van der Waals surface area (Å²) in [4.78, 5) is 20.5. The zero-order valence-electron chi connectivity index (χ0n) is 10.4. The normalized spacial score (nSPS) is 10.7. The van der Waals surface area contributed by atoms with Crippen LogP contribution < -0.4 is 5.32 Å². The van der Waals surface area contributed by atoms with Crippen molar-refractivity contribution in [3.8, 4) is 5.75 Å². The minimum absolute atomic E-state index is 0.0693. The van der Waals surface area contributed by atoms with Gasteiger partial charge in [-0.15, -0.1) is 0 Å². The molecule has 1 amide bonds. The SMILES string of the molecule is O=C(Nc1nc2ccc(O)cc2s1)c1ccc(SF)cn1. The van der Waals surface area contributed by atoms with E-state index in [0.717, 1.165) is 4.70 Å². The first kappa shape index (κ1) is 13.8. The number of amides is 1. The number of carbonyl (C=O) groups excluding carboxylic acids is 1. The van der Waals surface area contributed by atoms with Crippen LogP contribution in [0.15, 0.2) is 41.4 Å². The lowest BCUT2D eigenvalue weighted by Gasteiger charge is -2.00. The molecular formula is C13H8FN3O2S2. The summed E-state index contributed by atoms with van der Waals surface area (Å²) in [7, 11) is 0. The van der Waals surface area contributed by atoms with E-state index in [4.69, 9.17) is 0 Å². The number of aromatic hydroxyl groups is 1. The molecule has 0 bridgehead atoms. The van der Waals surface area contributed by atoms with Gasteiger partial charge in [0.2, 0.25) is 0 Å². The molecule has 0 aliphatic rings. The predicted octanol–water partition coefficient (Wildman–Crippen LogP) is 3.63. The highest BCUT2D eigenvalue weighted by Gasteiger charge is 2.11. The Hall–Kier alpha value is -2.19. The smallest absolute Gasteiger partial charge is 0.276 e. The first-order valence-corrected chi connectivity index (χ1v) is 7.34. The van der Waals surface area contributed by atoms with Gasteiger partial charge < -0.3 is 5.11 Å². The Bertz CT molecular complexity index is 805. The van der Waals surface area contributed by atoms with Crippen molar-refractivity contribution < 1.29 is 13.8 Å². The van der Waals surface area contributed by atoms with Crippen molar-refractivity contribution in [3.63, 3.8) is 0 Å². The van der Waals surface area contributed by atoms with Gasteiger partial charge in [0.05, 0.1) is 27.3 Å². The van der Waals surface area contributed by atoms with Gasteiger partial charge in [-0.3, -0.25) is 10.1 Å². The minimum atomic E-state index is -0.423. The standard InChI is InChI=1S/C13H8FN3O2S2/c14-21-8-2-4-10(15-6-8)12(19)17-13-16-9-3-1-7(18)5-11(9)20-13/h1-6,18H,(H,16,17,19). The van der Waals surface area contributed by atoms with Gasteiger partial charge in [0, 0.05) is 6.20 Å². The third-order valence-electron chi connectivity index (χ3n) is 2.65. The average Bonchev–Trinajstić information content (AvgIpc) is 2.88. The van der Waals surface area contributed by atoms with Crippen molar-refractivity contribution in [2.75, 3.05) is 5.32 Å². The summed E-state index contributed by atoms with van der Waals surface area (Å²) < 4.78 is 13.1. The summed E-state index contributed by atoms with van der Waals surface area (Å²) in [5.41, 5.74) is 0.861. The molecule has 0 spiro atoms. The zero-order chi connectivity index (χ0) is 14.8. The molecule has 0 atom stereocenters. The number of pyridine rings is 1. The van der Waals surface area contributed by atoms with Gasteiger partial charge in [-0.05, 0) is 30.3 Å². The highest BCUT2D eigenvalue weighted by Crippen LogP contribution is 2.29. The summed E-state index contributed by atoms with van der Waals surface area (Å²) in [5.74, 6) is -0.279. The molecular weight excluding hydrogens is 313 g/mol. The number of phenolic OH excluding ortho intramolecular Hbond substituents is 1. The number of aromatic nitrogens is 2. The zero-order valence-corrected chi connectivity index (χ0v) is 12.0. The Labute approximate surface area is 127 Å². The van der Waals surface area contributed by atoms with E-state index in [0.29, 0.717) is 15.5 Å². The van der Waals surface area contributed by atoms with Crippen LogP contribution in [0.4, 0.5) is 9.02 Å². The molecule has 0 aliphatic carbocycles. The molecule has 3 rings (SSSR count). The van der Waals surface area contributed by atoms with Gasteiger partial charge in [-0.2, -0.15) is 3.89 Å². The second-order valence-corrected chi connectivity index (χ2v) is 5.74. The van der Waals surface area contributed by atoms with Gasteiger partial charge in [0.25, 0.3) is 5.91 Å². The van der Waals surface area contributed by atoms with E-state index in [9.17, 15) is 13.8 Å². The fourth-order valence-corrected chi connectivity index (χ4v) is 2.79. The molecule has 0 radical (unpaired) electrons. The quantitative estimate of drug-likeness (QED) is 0.770. The van der Waals surface area contributed by atoms with Crippen molar-refractivity contribution in [1.29, 1.82) is 0 Å². The molecule has 0 saturated carbocycles. The van der Waals surface area contributed by atoms with Crippen LogP contribution in [0.3, 0.4) is 0 Å². The number of thiazole rings is 1. The lowest BCUT2D eigenvalue weighted by Crippen LogP contribution is -2.13. The van der Waals surface area contributed by atoms with Gasteiger partial charge in [-0.1, -0.05) is 11.3 Å². The Morgan fingerprint density at radius 2 is 2.19 bits per heavy atom. The fourth-order valence-electron chi connectivity index (χ4n) is 1.69. The van der Waals surface area contributed by atoms with Gasteiger partial charge in [0.15, 0.2) is 5.13 Å². The van der Waals surface area contributed by atoms with Crippen molar-refractivity contribution in [2.24, 2.45) is 0 Å².